The van der Waals surface area contributed by atoms with Crippen molar-refractivity contribution in [2.45, 2.75) is 52.2 Å². The van der Waals surface area contributed by atoms with Gasteiger partial charge in [-0.25, -0.2) is 0 Å². The van der Waals surface area contributed by atoms with Crippen molar-refractivity contribution in [3.63, 3.8) is 0 Å². The first-order chi connectivity index (χ1) is 13.4. The Morgan fingerprint density at radius 1 is 0.964 bits per heavy atom. The summed E-state index contributed by atoms with van der Waals surface area (Å²) in [4.78, 5) is 11.9. The fourth-order valence-corrected chi connectivity index (χ4v) is 7.72. The zero-order valence-electron chi connectivity index (χ0n) is 17.0. The normalized spacial score (nSPS) is 25.6. The van der Waals surface area contributed by atoms with Crippen LogP contribution in [0.5, 0.6) is 0 Å². The number of fused-ring (bicyclic) bond motifs is 1. The molecule has 4 heteroatoms. The minimum atomic E-state index is -1.84. The van der Waals surface area contributed by atoms with Gasteiger partial charge in [0.1, 0.15) is 6.10 Å². The number of hydrogen-bond acceptors (Lipinski definition) is 3. The maximum atomic E-state index is 11.9. The van der Waals surface area contributed by atoms with E-state index in [9.17, 15) is 4.79 Å². The van der Waals surface area contributed by atoms with Gasteiger partial charge in [0.25, 0.3) is 0 Å². The van der Waals surface area contributed by atoms with Gasteiger partial charge < -0.3 is 9.16 Å². The van der Waals surface area contributed by atoms with Crippen molar-refractivity contribution in [1.82, 2.24) is 0 Å². The summed E-state index contributed by atoms with van der Waals surface area (Å²) in [6, 6.07) is 21.3. The van der Waals surface area contributed by atoms with Crippen LogP contribution in [0.3, 0.4) is 0 Å². The molecule has 2 aliphatic rings. The van der Waals surface area contributed by atoms with E-state index in [0.717, 1.165) is 12.8 Å². The Bertz CT molecular complexity index is 760. The lowest BCUT2D eigenvalue weighted by atomic mass is 9.76. The highest BCUT2D eigenvalue weighted by Gasteiger charge is 2.50. The predicted molar refractivity (Wildman–Crippen MR) is 114 cm³/mol. The summed E-state index contributed by atoms with van der Waals surface area (Å²) in [6.07, 6.45) is 2.80. The Hall–Kier alpha value is -1.91. The number of esters is 1. The second-order valence-corrected chi connectivity index (χ2v) is 11.6. The molecular weight excluding hydrogens is 364 g/mol. The zero-order chi connectivity index (χ0) is 19.7. The molecule has 0 amide bonds. The molecule has 1 saturated carbocycles. The third-order valence-electron chi connectivity index (χ3n) is 6.23. The molecule has 2 aromatic rings. The molecule has 3 nitrogen and oxygen atoms in total. The van der Waals surface area contributed by atoms with E-state index in [4.69, 9.17) is 9.16 Å². The summed E-state index contributed by atoms with van der Waals surface area (Å²) >= 11 is 0. The lowest BCUT2D eigenvalue weighted by Gasteiger charge is -2.40. The SMILES string of the molecule is CC(C)(C)C(O[SiH](c1ccccc1)c1ccccc1)[C@H]1CC[C@@H]2OC(=O)C[C@@H]21. The number of hydrogen-bond donors (Lipinski definition) is 0. The van der Waals surface area contributed by atoms with Crippen LogP contribution in [0.1, 0.15) is 40.0 Å². The van der Waals surface area contributed by atoms with E-state index in [1.54, 1.807) is 0 Å². The smallest absolute Gasteiger partial charge is 0.306 e. The van der Waals surface area contributed by atoms with Crippen LogP contribution in [0.25, 0.3) is 0 Å². The van der Waals surface area contributed by atoms with E-state index in [2.05, 4.69) is 81.4 Å². The molecular formula is C24H30O3Si. The maximum Gasteiger partial charge on any atom is 0.306 e. The Morgan fingerprint density at radius 3 is 2.07 bits per heavy atom. The summed E-state index contributed by atoms with van der Waals surface area (Å²) in [5.41, 5.74) is 0.00000496. The first-order valence-electron chi connectivity index (χ1n) is 10.4. The number of rotatable bonds is 5. The monoisotopic (exact) mass is 394 g/mol. The number of carbonyl (C=O) groups excluding carboxylic acids is 1. The van der Waals surface area contributed by atoms with Crippen LogP contribution in [0, 0.1) is 17.3 Å². The fraction of sp³-hybridized carbons (Fsp3) is 0.458. The molecule has 0 N–H and O–H groups in total. The fourth-order valence-electron chi connectivity index (χ4n) is 4.97. The van der Waals surface area contributed by atoms with Gasteiger partial charge in [-0.15, -0.1) is 0 Å². The molecule has 4 atom stereocenters. The Balaban J connectivity index is 1.67. The number of ether oxygens (including phenoxy) is 1. The average Bonchev–Trinajstić information content (AvgIpc) is 3.22. The molecule has 0 radical (unpaired) electrons. The maximum absolute atomic E-state index is 11.9. The van der Waals surface area contributed by atoms with E-state index < -0.39 is 9.04 Å². The molecule has 1 saturated heterocycles. The van der Waals surface area contributed by atoms with Gasteiger partial charge in [0.2, 0.25) is 9.04 Å². The summed E-state index contributed by atoms with van der Waals surface area (Å²) in [6.45, 7) is 6.80. The topological polar surface area (TPSA) is 35.5 Å². The molecule has 2 aromatic carbocycles. The van der Waals surface area contributed by atoms with E-state index in [-0.39, 0.29) is 23.6 Å². The molecule has 148 valence electrons. The third-order valence-corrected chi connectivity index (χ3v) is 8.77. The van der Waals surface area contributed by atoms with E-state index in [0.29, 0.717) is 18.3 Å². The summed E-state index contributed by atoms with van der Waals surface area (Å²) < 4.78 is 12.7. The van der Waals surface area contributed by atoms with Crippen molar-refractivity contribution in [1.29, 1.82) is 0 Å². The molecule has 0 aromatic heterocycles. The van der Waals surface area contributed by atoms with Crippen molar-refractivity contribution in [3.05, 3.63) is 60.7 Å². The van der Waals surface area contributed by atoms with Crippen molar-refractivity contribution in [3.8, 4) is 0 Å². The van der Waals surface area contributed by atoms with Crippen LogP contribution in [0.15, 0.2) is 60.7 Å². The second-order valence-electron chi connectivity index (χ2n) is 9.26. The number of benzene rings is 2. The average molecular weight is 395 g/mol. The van der Waals surface area contributed by atoms with Gasteiger partial charge in [0.05, 0.1) is 12.5 Å². The van der Waals surface area contributed by atoms with E-state index in [1.165, 1.54) is 10.4 Å². The molecule has 0 bridgehead atoms. The molecule has 0 spiro atoms. The molecule has 4 rings (SSSR count). The minimum absolute atomic E-state index is 0.00000496. The first kappa shape index (κ1) is 19.4. The lowest BCUT2D eigenvalue weighted by molar-refractivity contribution is -0.141. The Labute approximate surface area is 169 Å². The largest absolute Gasteiger partial charge is 0.462 e. The van der Waals surface area contributed by atoms with Crippen LogP contribution in [0.4, 0.5) is 0 Å². The second kappa shape index (κ2) is 7.84. The lowest BCUT2D eigenvalue weighted by Crippen LogP contribution is -2.52. The standard InChI is InChI=1S/C24H30O3Si/c1-24(2,3)23(19-14-15-21-20(19)16-22(25)26-21)27-28(17-10-6-4-7-11-17)18-12-8-5-9-13-18/h4-13,19-21,23,28H,14-16H2,1-3H3/t19-,20+,21-,23?/m0/s1. The van der Waals surface area contributed by atoms with Gasteiger partial charge in [-0.1, -0.05) is 81.4 Å². The van der Waals surface area contributed by atoms with Gasteiger partial charge in [0.15, 0.2) is 0 Å². The van der Waals surface area contributed by atoms with Gasteiger partial charge in [-0.3, -0.25) is 4.79 Å². The molecule has 28 heavy (non-hydrogen) atoms. The van der Waals surface area contributed by atoms with Crippen LogP contribution < -0.4 is 10.4 Å². The van der Waals surface area contributed by atoms with Crippen molar-refractivity contribution in [2.75, 3.05) is 0 Å². The molecule has 1 heterocycles. The highest BCUT2D eigenvalue weighted by Crippen LogP contribution is 2.47. The first-order valence-corrected chi connectivity index (χ1v) is 12.0. The molecule has 2 fully saturated rings. The molecule has 1 aliphatic heterocycles. The van der Waals surface area contributed by atoms with Crippen LogP contribution in [-0.2, 0) is 14.0 Å². The van der Waals surface area contributed by atoms with Crippen LogP contribution in [-0.4, -0.2) is 27.2 Å². The minimum Gasteiger partial charge on any atom is -0.462 e. The van der Waals surface area contributed by atoms with Crippen molar-refractivity contribution >= 4 is 25.4 Å². The Kier molecular flexibility index (Phi) is 5.43. The van der Waals surface area contributed by atoms with Crippen LogP contribution in [0.2, 0.25) is 0 Å². The highest BCUT2D eigenvalue weighted by molar-refractivity contribution is 6.80. The van der Waals surface area contributed by atoms with Crippen LogP contribution >= 0.6 is 0 Å². The third kappa shape index (κ3) is 3.94. The van der Waals surface area contributed by atoms with Gasteiger partial charge in [0, 0.05) is 5.92 Å². The number of carbonyl (C=O) groups is 1. The summed E-state index contributed by atoms with van der Waals surface area (Å²) in [5, 5.41) is 2.60. The molecule has 1 unspecified atom stereocenters. The van der Waals surface area contributed by atoms with Crippen molar-refractivity contribution in [2.24, 2.45) is 17.3 Å². The Morgan fingerprint density at radius 2 is 1.54 bits per heavy atom. The van der Waals surface area contributed by atoms with E-state index >= 15 is 0 Å². The summed E-state index contributed by atoms with van der Waals surface area (Å²) in [7, 11) is -1.84. The van der Waals surface area contributed by atoms with Crippen molar-refractivity contribution < 1.29 is 14.0 Å². The van der Waals surface area contributed by atoms with E-state index in [1.807, 2.05) is 0 Å². The van der Waals surface area contributed by atoms with Gasteiger partial charge in [-0.05, 0) is 34.5 Å². The predicted octanol–water partition coefficient (Wildman–Crippen LogP) is 3.30. The highest BCUT2D eigenvalue weighted by atomic mass is 28.3. The zero-order valence-corrected chi connectivity index (χ0v) is 18.2. The van der Waals surface area contributed by atoms with Gasteiger partial charge >= 0.3 is 5.97 Å². The summed E-state index contributed by atoms with van der Waals surface area (Å²) in [5.74, 6) is 0.643. The molecule has 1 aliphatic carbocycles. The quantitative estimate of drug-likeness (QED) is 0.577. The van der Waals surface area contributed by atoms with Gasteiger partial charge in [-0.2, -0.15) is 0 Å².